The van der Waals surface area contributed by atoms with E-state index in [-0.39, 0.29) is 0 Å². The third-order valence-corrected chi connectivity index (χ3v) is 2.80. The molecule has 0 amide bonds. The Bertz CT molecular complexity index is 321. The van der Waals surface area contributed by atoms with Gasteiger partial charge in [0.15, 0.2) is 0 Å². The predicted molar refractivity (Wildman–Crippen MR) is 58.4 cm³/mol. The Labute approximate surface area is 89.1 Å². The van der Waals surface area contributed by atoms with E-state index < -0.39 is 0 Å². The molecular weight excluding hydrogens is 198 g/mol. The Balaban J connectivity index is 2.05. The van der Waals surface area contributed by atoms with E-state index in [2.05, 4.69) is 15.4 Å². The number of hydrogen-bond acceptors (Lipinski definition) is 3. The van der Waals surface area contributed by atoms with Gasteiger partial charge >= 0.3 is 0 Å². The standard InChI is InChI=1S/C10H14ClN3/c1-8-6-9(7-12-10(8)11)13-14-4-2-3-5-14/h6-7,13H,2-5H2,1H3. The van der Waals surface area contributed by atoms with Gasteiger partial charge in [0.05, 0.1) is 11.9 Å². The lowest BCUT2D eigenvalue weighted by atomic mass is 10.3. The summed E-state index contributed by atoms with van der Waals surface area (Å²) in [5, 5.41) is 2.79. The van der Waals surface area contributed by atoms with Crippen molar-refractivity contribution in [1.29, 1.82) is 0 Å². The molecule has 0 saturated carbocycles. The van der Waals surface area contributed by atoms with Crippen molar-refractivity contribution < 1.29 is 0 Å². The van der Waals surface area contributed by atoms with Crippen LogP contribution in [0.15, 0.2) is 12.3 Å². The SMILES string of the molecule is Cc1cc(NN2CCCC2)cnc1Cl. The number of aryl methyl sites for hydroxylation is 1. The topological polar surface area (TPSA) is 28.2 Å². The lowest BCUT2D eigenvalue weighted by molar-refractivity contribution is 0.410. The lowest BCUT2D eigenvalue weighted by Crippen LogP contribution is -2.26. The number of halogens is 1. The summed E-state index contributed by atoms with van der Waals surface area (Å²) in [6.45, 7) is 4.19. The summed E-state index contributed by atoms with van der Waals surface area (Å²) < 4.78 is 0. The minimum Gasteiger partial charge on any atom is -0.317 e. The van der Waals surface area contributed by atoms with Crippen LogP contribution in [0.1, 0.15) is 18.4 Å². The van der Waals surface area contributed by atoms with Crippen LogP contribution < -0.4 is 5.43 Å². The molecule has 0 atom stereocenters. The average Bonchev–Trinajstić information content (AvgIpc) is 2.64. The van der Waals surface area contributed by atoms with Gasteiger partial charge in [0.25, 0.3) is 0 Å². The highest BCUT2D eigenvalue weighted by atomic mass is 35.5. The van der Waals surface area contributed by atoms with Crippen molar-refractivity contribution in [2.75, 3.05) is 18.5 Å². The molecule has 0 bridgehead atoms. The van der Waals surface area contributed by atoms with Crippen LogP contribution in [-0.4, -0.2) is 23.1 Å². The molecule has 1 fully saturated rings. The monoisotopic (exact) mass is 211 g/mol. The number of hydrogen-bond donors (Lipinski definition) is 1. The van der Waals surface area contributed by atoms with Crippen molar-refractivity contribution >= 4 is 17.3 Å². The second-order valence-corrected chi connectivity index (χ2v) is 4.00. The van der Waals surface area contributed by atoms with Crippen molar-refractivity contribution in [1.82, 2.24) is 9.99 Å². The third kappa shape index (κ3) is 2.16. The summed E-state index contributed by atoms with van der Waals surface area (Å²) in [6.07, 6.45) is 4.31. The summed E-state index contributed by atoms with van der Waals surface area (Å²) in [6, 6.07) is 2.02. The predicted octanol–water partition coefficient (Wildman–Crippen LogP) is 2.47. The molecule has 0 aliphatic carbocycles. The maximum Gasteiger partial charge on any atom is 0.132 e. The molecule has 0 aromatic carbocycles. The van der Waals surface area contributed by atoms with E-state index >= 15 is 0 Å². The van der Waals surface area contributed by atoms with Crippen LogP contribution in [0.4, 0.5) is 5.69 Å². The summed E-state index contributed by atoms with van der Waals surface area (Å²) in [5.74, 6) is 0. The first-order valence-corrected chi connectivity index (χ1v) is 5.27. The first-order chi connectivity index (χ1) is 6.75. The van der Waals surface area contributed by atoms with E-state index in [0.29, 0.717) is 5.15 Å². The van der Waals surface area contributed by atoms with E-state index in [0.717, 1.165) is 24.3 Å². The molecule has 0 unspecified atom stereocenters. The minimum atomic E-state index is 0.581. The van der Waals surface area contributed by atoms with Crippen molar-refractivity contribution in [2.24, 2.45) is 0 Å². The van der Waals surface area contributed by atoms with Gasteiger partial charge in [-0.25, -0.2) is 9.99 Å². The number of aromatic nitrogens is 1. The quantitative estimate of drug-likeness (QED) is 0.762. The van der Waals surface area contributed by atoms with Gasteiger partial charge in [-0.05, 0) is 31.4 Å². The number of nitrogens with one attached hydrogen (secondary N) is 1. The molecule has 1 saturated heterocycles. The molecule has 14 heavy (non-hydrogen) atoms. The molecule has 1 N–H and O–H groups in total. The highest BCUT2D eigenvalue weighted by Gasteiger charge is 2.11. The van der Waals surface area contributed by atoms with E-state index in [1.165, 1.54) is 12.8 Å². The van der Waals surface area contributed by atoms with Crippen LogP contribution >= 0.6 is 11.6 Å². The van der Waals surface area contributed by atoms with E-state index in [1.807, 2.05) is 13.0 Å². The zero-order valence-corrected chi connectivity index (χ0v) is 9.01. The smallest absolute Gasteiger partial charge is 0.132 e. The summed E-state index contributed by atoms with van der Waals surface area (Å²) in [5.41, 5.74) is 5.35. The molecule has 3 nitrogen and oxygen atoms in total. The van der Waals surface area contributed by atoms with E-state index in [9.17, 15) is 0 Å². The zero-order chi connectivity index (χ0) is 9.97. The Morgan fingerprint density at radius 3 is 2.79 bits per heavy atom. The molecule has 1 aliphatic rings. The maximum atomic E-state index is 5.84. The van der Waals surface area contributed by atoms with Gasteiger partial charge in [-0.3, -0.25) is 0 Å². The molecule has 0 spiro atoms. The van der Waals surface area contributed by atoms with Gasteiger partial charge in [0.1, 0.15) is 5.15 Å². The second-order valence-electron chi connectivity index (χ2n) is 3.64. The fraction of sp³-hybridized carbons (Fsp3) is 0.500. The molecule has 1 aromatic heterocycles. The normalized spacial score (nSPS) is 17.3. The van der Waals surface area contributed by atoms with E-state index in [4.69, 9.17) is 11.6 Å². The largest absolute Gasteiger partial charge is 0.317 e. The molecule has 76 valence electrons. The number of nitrogens with zero attached hydrogens (tertiary/aromatic N) is 2. The molecule has 0 radical (unpaired) electrons. The van der Waals surface area contributed by atoms with Gasteiger partial charge in [-0.1, -0.05) is 11.6 Å². The molecule has 4 heteroatoms. The Hall–Kier alpha value is -0.800. The van der Waals surface area contributed by atoms with Crippen LogP contribution in [-0.2, 0) is 0 Å². The number of pyridine rings is 1. The van der Waals surface area contributed by atoms with Crippen molar-refractivity contribution in [3.8, 4) is 0 Å². The highest BCUT2D eigenvalue weighted by Crippen LogP contribution is 2.17. The minimum absolute atomic E-state index is 0.581. The van der Waals surface area contributed by atoms with Crippen LogP contribution in [0.25, 0.3) is 0 Å². The van der Waals surface area contributed by atoms with Crippen molar-refractivity contribution in [2.45, 2.75) is 19.8 Å². The highest BCUT2D eigenvalue weighted by molar-refractivity contribution is 6.30. The van der Waals surface area contributed by atoms with Crippen molar-refractivity contribution in [3.63, 3.8) is 0 Å². The summed E-state index contributed by atoms with van der Waals surface area (Å²) in [7, 11) is 0. The Morgan fingerprint density at radius 1 is 1.43 bits per heavy atom. The van der Waals surface area contributed by atoms with Gasteiger partial charge in [0, 0.05) is 13.1 Å². The summed E-state index contributed by atoms with van der Waals surface area (Å²) >= 11 is 5.84. The first kappa shape index (κ1) is 9.74. The van der Waals surface area contributed by atoms with Crippen LogP contribution in [0.5, 0.6) is 0 Å². The zero-order valence-electron chi connectivity index (χ0n) is 8.26. The fourth-order valence-corrected chi connectivity index (χ4v) is 1.73. The van der Waals surface area contributed by atoms with Gasteiger partial charge in [-0.15, -0.1) is 0 Å². The molecular formula is C10H14ClN3. The third-order valence-electron chi connectivity index (χ3n) is 2.41. The fourth-order valence-electron chi connectivity index (χ4n) is 1.63. The van der Waals surface area contributed by atoms with Gasteiger partial charge in [0.2, 0.25) is 0 Å². The first-order valence-electron chi connectivity index (χ1n) is 4.89. The molecule has 1 aliphatic heterocycles. The maximum absolute atomic E-state index is 5.84. The summed E-state index contributed by atoms with van der Waals surface area (Å²) in [4.78, 5) is 4.10. The second kappa shape index (κ2) is 4.15. The van der Waals surface area contributed by atoms with E-state index in [1.54, 1.807) is 6.20 Å². The number of anilines is 1. The number of hydrazine groups is 1. The molecule has 2 heterocycles. The molecule has 1 aromatic rings. The Morgan fingerprint density at radius 2 is 2.14 bits per heavy atom. The number of rotatable bonds is 2. The van der Waals surface area contributed by atoms with Gasteiger partial charge in [-0.2, -0.15) is 0 Å². The van der Waals surface area contributed by atoms with Crippen LogP contribution in [0.3, 0.4) is 0 Å². The van der Waals surface area contributed by atoms with Crippen LogP contribution in [0.2, 0.25) is 5.15 Å². The lowest BCUT2D eigenvalue weighted by Gasteiger charge is -2.17. The molecule has 2 rings (SSSR count). The Kier molecular flexibility index (Phi) is 2.89. The van der Waals surface area contributed by atoms with Crippen LogP contribution in [0, 0.1) is 6.92 Å². The average molecular weight is 212 g/mol. The van der Waals surface area contributed by atoms with Gasteiger partial charge < -0.3 is 5.43 Å². The van der Waals surface area contributed by atoms with Crippen molar-refractivity contribution in [3.05, 3.63) is 23.0 Å².